The fourth-order valence-corrected chi connectivity index (χ4v) is 3.43. The standard InChI is InChI=1S/C18H24N5O/c1-4-6-9-22-13-10-12(5-2)11-19-14(13)23-15(16(22)24)20-21-17(23)18(3)7-8-18/h10-11,14H,4-9H2,1-3H3/q+1. The second-order valence-electron chi connectivity index (χ2n) is 7.24. The van der Waals surface area contributed by atoms with Gasteiger partial charge in [-0.1, -0.05) is 27.2 Å². The molecule has 6 nitrogen and oxygen atoms in total. The highest BCUT2D eigenvalue weighted by Crippen LogP contribution is 2.48. The van der Waals surface area contributed by atoms with Crippen molar-refractivity contribution in [2.75, 3.05) is 6.54 Å². The van der Waals surface area contributed by atoms with Crippen LogP contribution in [0.1, 0.15) is 75.5 Å². The van der Waals surface area contributed by atoms with Gasteiger partial charge in [-0.25, -0.2) is 4.79 Å². The van der Waals surface area contributed by atoms with Crippen molar-refractivity contribution >= 4 is 17.8 Å². The lowest BCUT2D eigenvalue weighted by molar-refractivity contribution is -0.434. The molecule has 0 bridgehead atoms. The van der Waals surface area contributed by atoms with Crippen LogP contribution >= 0.6 is 0 Å². The Balaban J connectivity index is 1.86. The lowest BCUT2D eigenvalue weighted by atomic mass is 10.0. The van der Waals surface area contributed by atoms with Crippen LogP contribution in [-0.2, 0) is 5.41 Å². The van der Waals surface area contributed by atoms with Gasteiger partial charge in [0.25, 0.3) is 5.82 Å². The predicted molar refractivity (Wildman–Crippen MR) is 91.9 cm³/mol. The molecular weight excluding hydrogens is 302 g/mol. The SMILES string of the molecule is CCCC[N+]1=C2C=C(CC)C=NC2n2c(nnc2C2(C)CC2)C1=O. The molecule has 1 aromatic rings. The van der Waals surface area contributed by atoms with Gasteiger partial charge in [0.1, 0.15) is 5.82 Å². The molecule has 4 rings (SSSR count). The molecule has 0 saturated heterocycles. The summed E-state index contributed by atoms with van der Waals surface area (Å²) in [5, 5.41) is 8.63. The zero-order valence-electron chi connectivity index (χ0n) is 14.6. The molecule has 1 amide bonds. The topological polar surface area (TPSA) is 63.1 Å². The molecule has 0 radical (unpaired) electrons. The molecular formula is C18H24N5O+. The van der Waals surface area contributed by atoms with E-state index < -0.39 is 0 Å². The van der Waals surface area contributed by atoms with Crippen LogP contribution < -0.4 is 0 Å². The Labute approximate surface area is 142 Å². The minimum atomic E-state index is -0.202. The molecule has 1 aromatic heterocycles. The number of aliphatic imine (C=N–C) groups is 1. The number of aromatic nitrogens is 3. The van der Waals surface area contributed by atoms with E-state index in [9.17, 15) is 4.79 Å². The van der Waals surface area contributed by atoms with Crippen molar-refractivity contribution in [2.24, 2.45) is 4.99 Å². The molecule has 1 unspecified atom stereocenters. The molecule has 126 valence electrons. The Bertz CT molecular complexity index is 794. The first-order valence-corrected chi connectivity index (χ1v) is 8.97. The van der Waals surface area contributed by atoms with Crippen LogP contribution in [0, 0.1) is 0 Å². The molecule has 24 heavy (non-hydrogen) atoms. The summed E-state index contributed by atoms with van der Waals surface area (Å²) in [7, 11) is 0. The van der Waals surface area contributed by atoms with Gasteiger partial charge in [-0.2, -0.15) is 4.58 Å². The summed E-state index contributed by atoms with van der Waals surface area (Å²) in [6.07, 6.45) is 8.99. The number of unbranched alkanes of at least 4 members (excludes halogenated alkanes) is 1. The third-order valence-electron chi connectivity index (χ3n) is 5.35. The Morgan fingerprint density at radius 3 is 2.79 bits per heavy atom. The summed E-state index contributed by atoms with van der Waals surface area (Å²) < 4.78 is 3.84. The van der Waals surface area contributed by atoms with E-state index in [4.69, 9.17) is 4.99 Å². The monoisotopic (exact) mass is 326 g/mol. The second kappa shape index (κ2) is 5.46. The fraction of sp³-hybridized carbons (Fsp3) is 0.611. The number of dihydropyridines is 1. The minimum Gasteiger partial charge on any atom is -0.269 e. The minimum absolute atomic E-state index is 0.0403. The summed E-state index contributed by atoms with van der Waals surface area (Å²) in [5.74, 6) is 1.31. The lowest BCUT2D eigenvalue weighted by Gasteiger charge is -2.25. The van der Waals surface area contributed by atoms with Crippen molar-refractivity contribution < 1.29 is 9.37 Å². The van der Waals surface area contributed by atoms with Crippen LogP contribution in [0.15, 0.2) is 16.6 Å². The molecule has 3 heterocycles. The van der Waals surface area contributed by atoms with Gasteiger partial charge in [0, 0.05) is 24.1 Å². The first kappa shape index (κ1) is 15.4. The Morgan fingerprint density at radius 2 is 2.12 bits per heavy atom. The number of fused-ring (bicyclic) bond motifs is 3. The van der Waals surface area contributed by atoms with Gasteiger partial charge in [-0.3, -0.25) is 9.56 Å². The van der Waals surface area contributed by atoms with E-state index in [1.54, 1.807) is 0 Å². The van der Waals surface area contributed by atoms with Gasteiger partial charge in [0.15, 0.2) is 6.54 Å². The van der Waals surface area contributed by atoms with E-state index in [0.29, 0.717) is 12.4 Å². The molecule has 1 fully saturated rings. The van der Waals surface area contributed by atoms with Crippen molar-refractivity contribution in [1.82, 2.24) is 14.8 Å². The molecule has 2 aliphatic heterocycles. The smallest absolute Gasteiger partial charge is 0.269 e. The Morgan fingerprint density at radius 1 is 1.33 bits per heavy atom. The molecule has 1 aliphatic carbocycles. The first-order valence-electron chi connectivity index (χ1n) is 8.97. The molecule has 3 aliphatic rings. The van der Waals surface area contributed by atoms with E-state index in [-0.39, 0.29) is 17.5 Å². The summed E-state index contributed by atoms with van der Waals surface area (Å²) in [6.45, 7) is 7.15. The Kier molecular flexibility index (Phi) is 3.51. The van der Waals surface area contributed by atoms with Gasteiger partial charge in [0.05, 0.1) is 0 Å². The lowest BCUT2D eigenvalue weighted by Crippen LogP contribution is -2.42. The van der Waals surface area contributed by atoms with E-state index in [0.717, 1.165) is 49.2 Å². The summed E-state index contributed by atoms with van der Waals surface area (Å²) in [5.41, 5.74) is 2.18. The number of carbonyl (C=O) groups excluding carboxylic acids is 1. The average Bonchev–Trinajstić information content (AvgIpc) is 3.18. The quantitative estimate of drug-likeness (QED) is 0.782. The van der Waals surface area contributed by atoms with Crippen molar-refractivity contribution in [3.05, 3.63) is 23.3 Å². The summed E-state index contributed by atoms with van der Waals surface area (Å²) in [4.78, 5) is 17.8. The fourth-order valence-electron chi connectivity index (χ4n) is 3.43. The van der Waals surface area contributed by atoms with Crippen LogP contribution in [0.5, 0.6) is 0 Å². The first-order chi connectivity index (χ1) is 11.6. The van der Waals surface area contributed by atoms with Crippen LogP contribution in [0.2, 0.25) is 0 Å². The van der Waals surface area contributed by atoms with E-state index in [1.807, 2.05) is 15.4 Å². The van der Waals surface area contributed by atoms with Crippen LogP contribution in [0.25, 0.3) is 0 Å². The number of allylic oxidation sites excluding steroid dienone is 1. The number of rotatable bonds is 5. The maximum atomic E-state index is 13.0. The van der Waals surface area contributed by atoms with E-state index >= 15 is 0 Å². The number of hydrogen-bond acceptors (Lipinski definition) is 4. The maximum Gasteiger partial charge on any atom is 0.457 e. The molecule has 1 atom stereocenters. The zero-order chi connectivity index (χ0) is 16.9. The second-order valence-corrected chi connectivity index (χ2v) is 7.24. The maximum absolute atomic E-state index is 13.0. The van der Waals surface area contributed by atoms with Crippen molar-refractivity contribution in [2.45, 2.75) is 64.5 Å². The highest BCUT2D eigenvalue weighted by molar-refractivity contribution is 6.07. The van der Waals surface area contributed by atoms with E-state index in [1.165, 1.54) is 0 Å². The number of amides is 1. The van der Waals surface area contributed by atoms with E-state index in [2.05, 4.69) is 37.0 Å². The highest BCUT2D eigenvalue weighted by Gasteiger charge is 2.50. The summed E-state index contributed by atoms with van der Waals surface area (Å²) >= 11 is 0. The zero-order valence-corrected chi connectivity index (χ0v) is 14.6. The van der Waals surface area contributed by atoms with Gasteiger partial charge in [-0.05, 0) is 24.8 Å². The van der Waals surface area contributed by atoms with Gasteiger partial charge in [0.2, 0.25) is 11.9 Å². The van der Waals surface area contributed by atoms with Crippen LogP contribution in [-0.4, -0.2) is 43.7 Å². The van der Waals surface area contributed by atoms with Crippen molar-refractivity contribution in [3.8, 4) is 0 Å². The third-order valence-corrected chi connectivity index (χ3v) is 5.35. The normalized spacial score (nSPS) is 23.9. The Hall–Kier alpha value is -2.11. The molecule has 0 aromatic carbocycles. The largest absolute Gasteiger partial charge is 0.457 e. The van der Waals surface area contributed by atoms with Gasteiger partial charge < -0.3 is 0 Å². The van der Waals surface area contributed by atoms with Crippen molar-refractivity contribution in [3.63, 3.8) is 0 Å². The molecule has 6 heteroatoms. The van der Waals surface area contributed by atoms with Crippen molar-refractivity contribution in [1.29, 1.82) is 0 Å². The van der Waals surface area contributed by atoms with Crippen LogP contribution in [0.3, 0.4) is 0 Å². The number of hydrogen-bond donors (Lipinski definition) is 0. The molecule has 0 N–H and O–H groups in total. The number of carbonyl (C=O) groups is 1. The van der Waals surface area contributed by atoms with Gasteiger partial charge in [-0.15, -0.1) is 10.2 Å². The average molecular weight is 326 g/mol. The van der Waals surface area contributed by atoms with Gasteiger partial charge >= 0.3 is 5.91 Å². The molecule has 1 saturated carbocycles. The number of nitrogens with zero attached hydrogens (tertiary/aromatic N) is 5. The third kappa shape index (κ3) is 2.19. The summed E-state index contributed by atoms with van der Waals surface area (Å²) in [6, 6.07) is 0. The highest BCUT2D eigenvalue weighted by atomic mass is 16.2. The van der Waals surface area contributed by atoms with Crippen LogP contribution in [0.4, 0.5) is 0 Å². The predicted octanol–water partition coefficient (Wildman–Crippen LogP) is 2.66. The molecule has 0 spiro atoms.